The van der Waals surface area contributed by atoms with Gasteiger partial charge >= 0.3 is 0 Å². The van der Waals surface area contributed by atoms with Gasteiger partial charge in [-0.15, -0.1) is 0 Å². The number of piperidine rings is 1. The molecule has 7 heteroatoms. The molecule has 1 heterocycles. The third-order valence-corrected chi connectivity index (χ3v) is 4.18. The van der Waals surface area contributed by atoms with Crippen LogP contribution in [0.15, 0.2) is 24.3 Å². The number of carbonyl (C=O) groups excluding carboxylic acids is 2. The summed E-state index contributed by atoms with van der Waals surface area (Å²) in [5.41, 5.74) is 5.31. The summed E-state index contributed by atoms with van der Waals surface area (Å²) in [4.78, 5) is 25.1. The first-order valence-electron chi connectivity index (χ1n) is 8.72. The Morgan fingerprint density at radius 2 is 1.76 bits per heavy atom. The van der Waals surface area contributed by atoms with Crippen LogP contribution in [-0.2, 0) is 9.59 Å². The molecule has 1 fully saturated rings. The van der Waals surface area contributed by atoms with Crippen molar-refractivity contribution in [3.63, 3.8) is 0 Å². The molecule has 0 aliphatic carbocycles. The molecular formula is C18H27N3O4. The number of hydrogen-bond donors (Lipinski definition) is 2. The van der Waals surface area contributed by atoms with Gasteiger partial charge in [-0.05, 0) is 57.1 Å². The molecule has 7 nitrogen and oxygen atoms in total. The highest BCUT2D eigenvalue weighted by Gasteiger charge is 2.23. The van der Waals surface area contributed by atoms with E-state index in [1.807, 2.05) is 36.1 Å². The predicted octanol–water partition coefficient (Wildman–Crippen LogP) is 0.778. The van der Waals surface area contributed by atoms with Gasteiger partial charge in [-0.25, -0.2) is 0 Å². The lowest BCUT2D eigenvalue weighted by Gasteiger charge is -2.29. The van der Waals surface area contributed by atoms with E-state index in [1.165, 1.54) is 0 Å². The van der Waals surface area contributed by atoms with Gasteiger partial charge in [-0.1, -0.05) is 0 Å². The maximum absolute atomic E-state index is 11.9. The third-order valence-electron chi connectivity index (χ3n) is 4.18. The maximum Gasteiger partial charge on any atom is 0.234 e. The SMILES string of the molecule is CCOc1ccc(OCCNC(=O)CN2CCC(C(N)=O)CC2)cc1. The van der Waals surface area contributed by atoms with Gasteiger partial charge in [0.1, 0.15) is 18.1 Å². The second kappa shape index (κ2) is 9.88. The topological polar surface area (TPSA) is 93.9 Å². The molecule has 1 aliphatic heterocycles. The molecule has 25 heavy (non-hydrogen) atoms. The summed E-state index contributed by atoms with van der Waals surface area (Å²) in [5.74, 6) is 1.22. The van der Waals surface area contributed by atoms with E-state index in [1.54, 1.807) is 0 Å². The van der Waals surface area contributed by atoms with Crippen molar-refractivity contribution in [3.8, 4) is 11.5 Å². The first-order valence-corrected chi connectivity index (χ1v) is 8.72. The summed E-state index contributed by atoms with van der Waals surface area (Å²) in [6.07, 6.45) is 1.45. The largest absolute Gasteiger partial charge is 0.494 e. The zero-order valence-corrected chi connectivity index (χ0v) is 14.7. The fourth-order valence-electron chi connectivity index (χ4n) is 2.79. The van der Waals surface area contributed by atoms with Crippen LogP contribution in [0.25, 0.3) is 0 Å². The van der Waals surface area contributed by atoms with Gasteiger partial charge in [0.2, 0.25) is 11.8 Å². The van der Waals surface area contributed by atoms with Crippen molar-refractivity contribution < 1.29 is 19.1 Å². The Labute approximate surface area is 148 Å². The highest BCUT2D eigenvalue weighted by Crippen LogP contribution is 2.17. The Hall–Kier alpha value is -2.28. The number of carbonyl (C=O) groups is 2. The Kier molecular flexibility index (Phi) is 7.53. The molecule has 1 saturated heterocycles. The lowest BCUT2D eigenvalue weighted by molar-refractivity contribution is -0.124. The van der Waals surface area contributed by atoms with Crippen molar-refractivity contribution in [2.75, 3.05) is 39.4 Å². The van der Waals surface area contributed by atoms with Gasteiger partial charge in [-0.3, -0.25) is 14.5 Å². The minimum absolute atomic E-state index is 0.0344. The number of primary amides is 1. The molecule has 0 radical (unpaired) electrons. The van der Waals surface area contributed by atoms with Crippen LogP contribution in [0, 0.1) is 5.92 Å². The average molecular weight is 349 g/mol. The molecule has 0 atom stereocenters. The van der Waals surface area contributed by atoms with Crippen molar-refractivity contribution >= 4 is 11.8 Å². The first kappa shape index (κ1) is 19.1. The van der Waals surface area contributed by atoms with Crippen LogP contribution < -0.4 is 20.5 Å². The molecule has 3 N–H and O–H groups in total. The second-order valence-corrected chi connectivity index (χ2v) is 6.06. The summed E-state index contributed by atoms with van der Waals surface area (Å²) >= 11 is 0. The lowest BCUT2D eigenvalue weighted by atomic mass is 9.96. The van der Waals surface area contributed by atoms with Crippen molar-refractivity contribution in [3.05, 3.63) is 24.3 Å². The average Bonchev–Trinajstić information content (AvgIpc) is 2.61. The number of nitrogens with two attached hydrogens (primary N) is 1. The molecule has 0 unspecified atom stereocenters. The summed E-state index contributed by atoms with van der Waals surface area (Å²) in [6, 6.07) is 7.39. The number of amides is 2. The fourth-order valence-corrected chi connectivity index (χ4v) is 2.79. The molecule has 0 aromatic heterocycles. The summed E-state index contributed by atoms with van der Waals surface area (Å²) in [7, 11) is 0. The number of rotatable bonds is 9. The van der Waals surface area contributed by atoms with Gasteiger partial charge < -0.3 is 20.5 Å². The third kappa shape index (κ3) is 6.62. The minimum atomic E-state index is -0.240. The van der Waals surface area contributed by atoms with Crippen LogP contribution in [0.2, 0.25) is 0 Å². The second-order valence-electron chi connectivity index (χ2n) is 6.06. The van der Waals surface area contributed by atoms with E-state index < -0.39 is 0 Å². The van der Waals surface area contributed by atoms with Gasteiger partial charge in [0.05, 0.1) is 19.7 Å². The monoisotopic (exact) mass is 349 g/mol. The van der Waals surface area contributed by atoms with Crippen molar-refractivity contribution in [1.82, 2.24) is 10.2 Å². The molecule has 0 spiro atoms. The molecule has 138 valence electrons. The molecule has 2 rings (SSSR count). The van der Waals surface area contributed by atoms with Gasteiger partial charge in [-0.2, -0.15) is 0 Å². The molecular weight excluding hydrogens is 322 g/mol. The molecule has 1 aromatic rings. The normalized spacial score (nSPS) is 15.6. The van der Waals surface area contributed by atoms with Crippen LogP contribution in [0.5, 0.6) is 11.5 Å². The minimum Gasteiger partial charge on any atom is -0.494 e. The number of benzene rings is 1. The Balaban J connectivity index is 1.58. The summed E-state index contributed by atoms with van der Waals surface area (Å²) < 4.78 is 11.0. The molecule has 1 aromatic carbocycles. The number of likely N-dealkylation sites (tertiary alicyclic amines) is 1. The quantitative estimate of drug-likeness (QED) is 0.643. The highest BCUT2D eigenvalue weighted by molar-refractivity contribution is 5.78. The van der Waals surface area contributed by atoms with Crippen LogP contribution >= 0.6 is 0 Å². The van der Waals surface area contributed by atoms with E-state index in [9.17, 15) is 9.59 Å². The first-order chi connectivity index (χ1) is 12.1. The van der Waals surface area contributed by atoms with Crippen molar-refractivity contribution in [1.29, 1.82) is 0 Å². The predicted molar refractivity (Wildman–Crippen MR) is 94.5 cm³/mol. The van der Waals surface area contributed by atoms with E-state index in [4.69, 9.17) is 15.2 Å². The van der Waals surface area contributed by atoms with E-state index >= 15 is 0 Å². The van der Waals surface area contributed by atoms with Gasteiger partial charge in [0.15, 0.2) is 0 Å². The summed E-state index contributed by atoms with van der Waals surface area (Å²) in [5, 5.41) is 2.84. The number of nitrogens with zero attached hydrogens (tertiary/aromatic N) is 1. The number of hydrogen-bond acceptors (Lipinski definition) is 5. The molecule has 0 saturated carbocycles. The standard InChI is InChI=1S/C18H27N3O4/c1-2-24-15-3-5-16(6-4-15)25-12-9-20-17(22)13-21-10-7-14(8-11-21)18(19)23/h3-6,14H,2,7-13H2,1H3,(H2,19,23)(H,20,22). The Morgan fingerprint density at radius 3 is 2.32 bits per heavy atom. The molecule has 0 bridgehead atoms. The lowest BCUT2D eigenvalue weighted by Crippen LogP contribution is -2.44. The smallest absolute Gasteiger partial charge is 0.234 e. The van der Waals surface area contributed by atoms with Crippen LogP contribution in [0.3, 0.4) is 0 Å². The van der Waals surface area contributed by atoms with Gasteiger partial charge in [0.25, 0.3) is 0 Å². The zero-order chi connectivity index (χ0) is 18.1. The van der Waals surface area contributed by atoms with E-state index in [0.717, 1.165) is 37.4 Å². The van der Waals surface area contributed by atoms with Crippen molar-refractivity contribution in [2.24, 2.45) is 11.7 Å². The van der Waals surface area contributed by atoms with Crippen LogP contribution in [0.4, 0.5) is 0 Å². The van der Waals surface area contributed by atoms with Crippen LogP contribution in [0.1, 0.15) is 19.8 Å². The molecule has 1 aliphatic rings. The maximum atomic E-state index is 11.9. The zero-order valence-electron chi connectivity index (χ0n) is 14.7. The Morgan fingerprint density at radius 1 is 1.16 bits per heavy atom. The Bertz CT molecular complexity index is 554. The number of nitrogens with one attached hydrogen (secondary N) is 1. The van der Waals surface area contributed by atoms with Crippen molar-refractivity contribution in [2.45, 2.75) is 19.8 Å². The van der Waals surface area contributed by atoms with E-state index in [-0.39, 0.29) is 17.7 Å². The van der Waals surface area contributed by atoms with Crippen LogP contribution in [-0.4, -0.2) is 56.1 Å². The van der Waals surface area contributed by atoms with E-state index in [0.29, 0.717) is 26.3 Å². The fraction of sp³-hybridized carbons (Fsp3) is 0.556. The molecule has 2 amide bonds. The van der Waals surface area contributed by atoms with Gasteiger partial charge in [0, 0.05) is 5.92 Å². The number of ether oxygens (including phenoxy) is 2. The van der Waals surface area contributed by atoms with E-state index in [2.05, 4.69) is 5.32 Å². The summed E-state index contributed by atoms with van der Waals surface area (Å²) in [6.45, 7) is 5.22. The highest BCUT2D eigenvalue weighted by atomic mass is 16.5.